The van der Waals surface area contributed by atoms with Gasteiger partial charge in [-0.3, -0.25) is 19.4 Å². The largest absolute Gasteiger partial charge is 0.474 e. The van der Waals surface area contributed by atoms with E-state index < -0.39 is 41.7 Å². The molecule has 0 spiro atoms. The van der Waals surface area contributed by atoms with E-state index in [1.54, 1.807) is 12.3 Å². The van der Waals surface area contributed by atoms with E-state index in [9.17, 15) is 14.4 Å². The van der Waals surface area contributed by atoms with E-state index >= 15 is 0 Å². The highest BCUT2D eigenvalue weighted by molar-refractivity contribution is 9.10. The van der Waals surface area contributed by atoms with Gasteiger partial charge in [-0.05, 0) is 22.0 Å². The molecule has 1 saturated heterocycles. The zero-order valence-electron chi connectivity index (χ0n) is 14.3. The van der Waals surface area contributed by atoms with Crippen molar-refractivity contribution in [3.63, 3.8) is 0 Å². The first kappa shape index (κ1) is 20.5. The average molecular weight is 448 g/mol. The fourth-order valence-electron chi connectivity index (χ4n) is 2.40. The molecule has 0 radical (unpaired) electrons. The molecule has 142 valence electrons. The van der Waals surface area contributed by atoms with Crippen molar-refractivity contribution in [1.29, 1.82) is 0 Å². The van der Waals surface area contributed by atoms with Crippen molar-refractivity contribution >= 4 is 45.6 Å². The van der Waals surface area contributed by atoms with Crippen LogP contribution < -0.4 is 4.74 Å². The maximum Gasteiger partial charge on any atom is 0.303 e. The number of nitrogens with zero attached hydrogens (tertiary/aromatic N) is 1. The second kappa shape index (κ2) is 9.22. The van der Waals surface area contributed by atoms with Crippen LogP contribution >= 0.6 is 27.7 Å². The Bertz CT molecular complexity index is 686. The molecule has 0 aromatic carbocycles. The summed E-state index contributed by atoms with van der Waals surface area (Å²) in [6.07, 6.45) is 0.411. The summed E-state index contributed by atoms with van der Waals surface area (Å²) in [5.41, 5.74) is -0.675. The van der Waals surface area contributed by atoms with E-state index in [1.807, 2.05) is 0 Å². The number of carbonyl (C=O) groups excluding carboxylic acids is 3. The Labute approximate surface area is 163 Å². The first-order valence-corrected chi connectivity index (χ1v) is 9.51. The Balaban J connectivity index is 2.27. The normalized spacial score (nSPS) is 25.1. The van der Waals surface area contributed by atoms with Crippen molar-refractivity contribution in [3.05, 3.63) is 22.9 Å². The van der Waals surface area contributed by atoms with Crippen molar-refractivity contribution < 1.29 is 33.3 Å². The van der Waals surface area contributed by atoms with Crippen LogP contribution in [-0.4, -0.2) is 52.4 Å². The molecule has 2 heterocycles. The van der Waals surface area contributed by atoms with Crippen LogP contribution in [0.5, 0.6) is 5.75 Å². The Morgan fingerprint density at radius 1 is 1.04 bits per heavy atom. The van der Waals surface area contributed by atoms with E-state index in [0.29, 0.717) is 16.0 Å². The van der Waals surface area contributed by atoms with Crippen LogP contribution in [0.1, 0.15) is 20.8 Å². The highest BCUT2D eigenvalue weighted by atomic mass is 79.9. The molecule has 1 fully saturated rings. The van der Waals surface area contributed by atoms with Crippen LogP contribution in [0.15, 0.2) is 22.9 Å². The fourth-order valence-corrected chi connectivity index (χ4v) is 3.96. The standard InChI is InChI=1S/C16H18BrNO7S/c1-8(19)22-13-7-26-16(25-12-4-11(17)5-18-6-12)15(24-10(3)21)14(13)23-9(2)20/h4-6,13-16H,7H2,1-3H3/t13-,14+,15-,16?/m1/s1. The van der Waals surface area contributed by atoms with Gasteiger partial charge in [0.1, 0.15) is 5.75 Å². The number of carbonyl (C=O) groups is 3. The summed E-state index contributed by atoms with van der Waals surface area (Å²) in [5, 5.41) is 0. The molecule has 1 aromatic rings. The lowest BCUT2D eigenvalue weighted by Gasteiger charge is -2.39. The van der Waals surface area contributed by atoms with Crippen LogP contribution in [0.4, 0.5) is 0 Å². The van der Waals surface area contributed by atoms with Gasteiger partial charge < -0.3 is 18.9 Å². The molecular formula is C16H18BrNO7S. The number of rotatable bonds is 5. The Kier molecular flexibility index (Phi) is 7.27. The number of pyridine rings is 1. The molecule has 0 saturated carbocycles. The molecular weight excluding hydrogens is 430 g/mol. The van der Waals surface area contributed by atoms with Gasteiger partial charge in [-0.25, -0.2) is 0 Å². The minimum atomic E-state index is -0.980. The summed E-state index contributed by atoms with van der Waals surface area (Å²) >= 11 is 4.59. The molecule has 0 bridgehead atoms. The first-order valence-electron chi connectivity index (χ1n) is 7.66. The highest BCUT2D eigenvalue weighted by Crippen LogP contribution is 2.34. The quantitative estimate of drug-likeness (QED) is 0.495. The van der Waals surface area contributed by atoms with Gasteiger partial charge in [0.05, 0.1) is 6.20 Å². The lowest BCUT2D eigenvalue weighted by Crippen LogP contribution is -2.55. The van der Waals surface area contributed by atoms with Crippen LogP contribution in [0.25, 0.3) is 0 Å². The predicted molar refractivity (Wildman–Crippen MR) is 95.5 cm³/mol. The van der Waals surface area contributed by atoms with E-state index in [1.165, 1.54) is 38.7 Å². The zero-order valence-corrected chi connectivity index (χ0v) is 16.7. The minimum Gasteiger partial charge on any atom is -0.474 e. The minimum absolute atomic E-state index is 0.307. The van der Waals surface area contributed by atoms with Crippen molar-refractivity contribution in [1.82, 2.24) is 4.98 Å². The molecule has 8 nitrogen and oxygen atoms in total. The molecule has 10 heteroatoms. The summed E-state index contributed by atoms with van der Waals surface area (Å²) in [4.78, 5) is 38.5. The highest BCUT2D eigenvalue weighted by Gasteiger charge is 2.47. The molecule has 0 N–H and O–H groups in total. The maximum absolute atomic E-state index is 11.6. The molecule has 4 atom stereocenters. The SMILES string of the molecule is CC(=O)O[C@H]1[C@H](OC(C)=O)CSC(Oc2cncc(Br)c2)[C@@H]1OC(C)=O. The summed E-state index contributed by atoms with van der Waals surface area (Å²) in [6.45, 7) is 3.72. The smallest absolute Gasteiger partial charge is 0.303 e. The summed E-state index contributed by atoms with van der Waals surface area (Å²) < 4.78 is 22.5. The molecule has 1 aliphatic rings. The fraction of sp³-hybridized carbons (Fsp3) is 0.500. The van der Waals surface area contributed by atoms with E-state index in [-0.39, 0.29) is 0 Å². The summed E-state index contributed by atoms with van der Waals surface area (Å²) in [5.74, 6) is -0.927. The second-order valence-electron chi connectivity index (χ2n) is 5.45. The van der Waals surface area contributed by atoms with Crippen molar-refractivity contribution in [2.24, 2.45) is 0 Å². The van der Waals surface area contributed by atoms with Crippen molar-refractivity contribution in [2.75, 3.05) is 5.75 Å². The molecule has 1 aromatic heterocycles. The molecule has 0 aliphatic carbocycles. The number of esters is 3. The topological polar surface area (TPSA) is 101 Å². The number of ether oxygens (including phenoxy) is 4. The molecule has 0 amide bonds. The van der Waals surface area contributed by atoms with Crippen LogP contribution in [0.2, 0.25) is 0 Å². The van der Waals surface area contributed by atoms with E-state index in [0.717, 1.165) is 0 Å². The summed E-state index contributed by atoms with van der Waals surface area (Å²) in [7, 11) is 0. The lowest BCUT2D eigenvalue weighted by molar-refractivity contribution is -0.186. The Morgan fingerprint density at radius 2 is 1.65 bits per heavy atom. The number of hydrogen-bond acceptors (Lipinski definition) is 9. The zero-order chi connectivity index (χ0) is 19.3. The van der Waals surface area contributed by atoms with Gasteiger partial charge in [-0.15, -0.1) is 11.8 Å². The summed E-state index contributed by atoms with van der Waals surface area (Å²) in [6, 6.07) is 1.71. The van der Waals surface area contributed by atoms with Gasteiger partial charge in [0, 0.05) is 37.2 Å². The third kappa shape index (κ3) is 5.87. The molecule has 1 aliphatic heterocycles. The van der Waals surface area contributed by atoms with Crippen LogP contribution in [0.3, 0.4) is 0 Å². The Morgan fingerprint density at radius 3 is 2.23 bits per heavy atom. The monoisotopic (exact) mass is 447 g/mol. The predicted octanol–water partition coefficient (Wildman–Crippen LogP) is 2.09. The van der Waals surface area contributed by atoms with Gasteiger partial charge in [0.2, 0.25) is 0 Å². The van der Waals surface area contributed by atoms with Gasteiger partial charge in [0.25, 0.3) is 0 Å². The third-order valence-corrected chi connectivity index (χ3v) is 4.88. The lowest BCUT2D eigenvalue weighted by atomic mass is 10.1. The number of aromatic nitrogens is 1. The number of hydrogen-bond donors (Lipinski definition) is 0. The van der Waals surface area contributed by atoms with Crippen LogP contribution in [0, 0.1) is 0 Å². The van der Waals surface area contributed by atoms with Crippen molar-refractivity contribution in [2.45, 2.75) is 44.5 Å². The number of halogens is 1. The van der Waals surface area contributed by atoms with Gasteiger partial charge >= 0.3 is 17.9 Å². The maximum atomic E-state index is 11.6. The van der Waals surface area contributed by atoms with Gasteiger partial charge in [-0.1, -0.05) is 0 Å². The van der Waals surface area contributed by atoms with E-state index in [2.05, 4.69) is 20.9 Å². The van der Waals surface area contributed by atoms with Crippen LogP contribution in [-0.2, 0) is 28.6 Å². The van der Waals surface area contributed by atoms with Gasteiger partial charge in [-0.2, -0.15) is 0 Å². The average Bonchev–Trinajstić information content (AvgIpc) is 2.51. The second-order valence-corrected chi connectivity index (χ2v) is 7.50. The molecule has 26 heavy (non-hydrogen) atoms. The van der Waals surface area contributed by atoms with Gasteiger partial charge in [0.15, 0.2) is 23.7 Å². The first-order chi connectivity index (χ1) is 12.3. The number of thioether (sulfide) groups is 1. The van der Waals surface area contributed by atoms with Crippen molar-refractivity contribution in [3.8, 4) is 5.75 Å². The van der Waals surface area contributed by atoms with E-state index in [4.69, 9.17) is 18.9 Å². The molecule has 2 rings (SSSR count). The Hall–Kier alpha value is -1.81. The molecule has 1 unspecified atom stereocenters. The third-order valence-electron chi connectivity index (χ3n) is 3.24.